The molecular formula is C97H90N18O. The molecule has 0 radical (unpaired) electrons. The molecule has 19 heteroatoms. The van der Waals surface area contributed by atoms with E-state index in [1.165, 1.54) is 11.1 Å². The van der Waals surface area contributed by atoms with Crippen molar-refractivity contribution in [1.82, 2.24) is 79.7 Å². The number of aryl methyl sites for hydroxylation is 1. The number of aliphatic imine (C=N–C) groups is 2. The van der Waals surface area contributed by atoms with E-state index in [2.05, 4.69) is 254 Å². The highest BCUT2D eigenvalue weighted by Crippen LogP contribution is 2.46. The molecule has 0 atom stereocenters. The Balaban J connectivity index is 0.743. The molecule has 0 saturated heterocycles. The number of phenolic OH excluding ortho intramolecular Hbond substituents is 1. The monoisotopic (exact) mass is 1520 g/mol. The minimum absolute atomic E-state index is 0.00607. The summed E-state index contributed by atoms with van der Waals surface area (Å²) in [5, 5.41) is 19.1. The number of benzene rings is 9. The minimum atomic E-state index is -0.168. The largest absolute Gasteiger partial charge is 0.507 e. The fourth-order valence-electron chi connectivity index (χ4n) is 15.8. The lowest BCUT2D eigenvalue weighted by Crippen LogP contribution is -2.10. The number of nitrogens with zero attached hydrogens (tertiary/aromatic N) is 14. The summed E-state index contributed by atoms with van der Waals surface area (Å²) in [6.07, 6.45) is 3.37. The Hall–Kier alpha value is -13.2. The van der Waals surface area contributed by atoms with Crippen molar-refractivity contribution in [2.75, 3.05) is 0 Å². The molecule has 10 heterocycles. The van der Waals surface area contributed by atoms with E-state index in [4.69, 9.17) is 69.8 Å². The van der Waals surface area contributed by atoms with Crippen molar-refractivity contribution in [3.8, 4) is 96.9 Å². The van der Waals surface area contributed by atoms with Crippen molar-refractivity contribution in [3.63, 3.8) is 0 Å². The smallest absolute Gasteiger partial charge is 0.164 e. The van der Waals surface area contributed by atoms with E-state index in [1.807, 2.05) is 55.5 Å². The third-order valence-corrected chi connectivity index (χ3v) is 22.8. The average Bonchev–Trinajstić information content (AvgIpc) is 1.59. The number of fused-ring (bicyclic) bond motifs is 40. The van der Waals surface area contributed by atoms with Crippen molar-refractivity contribution in [1.29, 1.82) is 0 Å². The number of nitrogens with one attached hydrogen (secondary N) is 4. The Labute approximate surface area is 671 Å². The first-order chi connectivity index (χ1) is 54.9. The number of H-pyrrole nitrogens is 4. The summed E-state index contributed by atoms with van der Waals surface area (Å²) < 4.78 is 0. The van der Waals surface area contributed by atoms with Crippen LogP contribution in [0.3, 0.4) is 0 Å². The Morgan fingerprint density at radius 3 is 0.716 bits per heavy atom. The summed E-state index contributed by atoms with van der Waals surface area (Å²) in [7, 11) is 0. The second-order valence-corrected chi connectivity index (χ2v) is 37.5. The molecule has 0 spiro atoms. The first-order valence-electron chi connectivity index (χ1n) is 39.7. The zero-order chi connectivity index (χ0) is 80.9. The average molecular weight is 1520 g/mol. The van der Waals surface area contributed by atoms with E-state index in [-0.39, 0.29) is 38.2 Å². The molecule has 0 aliphatic carbocycles. The minimum Gasteiger partial charge on any atom is -0.507 e. The van der Waals surface area contributed by atoms with Gasteiger partial charge in [-0.3, -0.25) is 9.98 Å². The second-order valence-electron chi connectivity index (χ2n) is 37.5. The van der Waals surface area contributed by atoms with Crippen LogP contribution in [0.2, 0.25) is 0 Å². The SMILES string of the molecule is Cc1cc(C=Nc2ccc3c4nc5nc(nc6[nH]c(nc7nc(nc([nH]4)c3c2)-c2ccc(C(C)(C)C)cc2-7)c2ccc(C(C)(C)C)cc62)-c2ccc(C(C)(C)C)cc2-5)c(O)c(C=Nc2ccc3c4nc5nc(nc6[nH]c(nc7nc(nc([nH]4)c3c2)-c2ccc(C(C)(C)C)cc2-7)c2ccc(C(C)(C)C)cc62)-c2ccc(C(C)(C)C)cc2-5)c1. The van der Waals surface area contributed by atoms with Gasteiger partial charge >= 0.3 is 0 Å². The van der Waals surface area contributed by atoms with Crippen LogP contribution in [0, 0.1) is 6.92 Å². The summed E-state index contributed by atoms with van der Waals surface area (Å²) in [4.78, 5) is 89.3. The van der Waals surface area contributed by atoms with Gasteiger partial charge < -0.3 is 25.0 Å². The molecule has 6 aromatic heterocycles. The quantitative estimate of drug-likeness (QED) is 0.103. The van der Waals surface area contributed by atoms with Gasteiger partial charge in [0.25, 0.3) is 0 Å². The molecule has 19 rings (SSSR count). The molecule has 5 N–H and O–H groups in total. The maximum absolute atomic E-state index is 12.3. The van der Waals surface area contributed by atoms with Gasteiger partial charge in [0, 0.05) is 111 Å². The van der Waals surface area contributed by atoms with Crippen molar-refractivity contribution >= 4 is 112 Å². The Morgan fingerprint density at radius 1 is 0.241 bits per heavy atom. The molecule has 15 aromatic rings. The van der Waals surface area contributed by atoms with Crippen LogP contribution in [-0.2, 0) is 32.5 Å². The highest BCUT2D eigenvalue weighted by molar-refractivity contribution is 6.10. The van der Waals surface area contributed by atoms with Gasteiger partial charge in [-0.05, 0) is 163 Å². The third-order valence-electron chi connectivity index (χ3n) is 22.8. The first-order valence-corrected chi connectivity index (χ1v) is 39.7. The highest BCUT2D eigenvalue weighted by atomic mass is 16.3. The first kappa shape index (κ1) is 73.0. The molecule has 9 aromatic carbocycles. The van der Waals surface area contributed by atoms with Gasteiger partial charge in [-0.15, -0.1) is 0 Å². The second kappa shape index (κ2) is 25.7. The fraction of sp³-hybridized carbons (Fsp3) is 0.258. The van der Waals surface area contributed by atoms with E-state index < -0.39 is 0 Å². The summed E-state index contributed by atoms with van der Waals surface area (Å²) in [5.41, 5.74) is 20.6. The summed E-state index contributed by atoms with van der Waals surface area (Å²) in [5.74, 6) is 4.12. The molecule has 0 saturated carbocycles. The van der Waals surface area contributed by atoms with Crippen LogP contribution >= 0.6 is 0 Å². The van der Waals surface area contributed by atoms with Crippen LogP contribution in [0.5, 0.6) is 5.75 Å². The van der Waals surface area contributed by atoms with Gasteiger partial charge in [0.1, 0.15) is 50.9 Å². The van der Waals surface area contributed by atoms with E-state index in [0.717, 1.165) is 115 Å². The van der Waals surface area contributed by atoms with Crippen LogP contribution in [0.15, 0.2) is 168 Å². The lowest BCUT2D eigenvalue weighted by atomic mass is 9.85. The third kappa shape index (κ3) is 12.7. The zero-order valence-corrected chi connectivity index (χ0v) is 68.9. The van der Waals surface area contributed by atoms with E-state index in [9.17, 15) is 5.11 Å². The van der Waals surface area contributed by atoms with E-state index >= 15 is 0 Å². The maximum atomic E-state index is 12.3. The maximum Gasteiger partial charge on any atom is 0.164 e. The van der Waals surface area contributed by atoms with Crippen molar-refractivity contribution in [2.45, 2.75) is 164 Å². The Morgan fingerprint density at radius 2 is 0.457 bits per heavy atom. The summed E-state index contributed by atoms with van der Waals surface area (Å²) in [6, 6.07) is 54.6. The molecule has 4 aliphatic rings. The zero-order valence-electron chi connectivity index (χ0n) is 68.9. The van der Waals surface area contributed by atoms with Crippen molar-refractivity contribution in [3.05, 3.63) is 208 Å². The molecule has 0 amide bonds. The fourth-order valence-corrected chi connectivity index (χ4v) is 15.8. The van der Waals surface area contributed by atoms with Gasteiger partial charge in [0.05, 0.1) is 11.4 Å². The highest BCUT2D eigenvalue weighted by Gasteiger charge is 2.31. The molecule has 19 nitrogen and oxygen atoms in total. The number of aromatic nitrogens is 16. The van der Waals surface area contributed by atoms with Crippen LogP contribution < -0.4 is 0 Å². The number of rotatable bonds is 4. The molecule has 16 bridgehead atoms. The lowest BCUT2D eigenvalue weighted by molar-refractivity contribution is 0.473. The van der Waals surface area contributed by atoms with E-state index in [1.54, 1.807) is 12.4 Å². The molecular weight excluding hydrogens is 1430 g/mol. The van der Waals surface area contributed by atoms with Gasteiger partial charge in [-0.2, -0.15) is 0 Å². The predicted octanol–water partition coefficient (Wildman–Crippen LogP) is 23.4. The van der Waals surface area contributed by atoms with Crippen LogP contribution in [-0.4, -0.2) is 97.3 Å². The van der Waals surface area contributed by atoms with Crippen LogP contribution in [0.25, 0.3) is 179 Å². The normalized spacial score (nSPS) is 13.3. The van der Waals surface area contributed by atoms with Gasteiger partial charge in [0.15, 0.2) is 46.6 Å². The lowest BCUT2D eigenvalue weighted by Gasteiger charge is -2.19. The summed E-state index contributed by atoms with van der Waals surface area (Å²) >= 11 is 0. The molecule has 0 unspecified atom stereocenters. The van der Waals surface area contributed by atoms with E-state index in [0.29, 0.717) is 114 Å². The Kier molecular flexibility index (Phi) is 16.2. The predicted molar refractivity (Wildman–Crippen MR) is 472 cm³/mol. The standard InChI is InChI=1S/C97H90N18O/c1-48-36-49(46-98-57-26-34-65-73(44-57)90-112-80-63-32-24-55(96(14,15)16)42-71(63)86(108-80)104-76-59-28-20-51(92(2,3)4)38-67(59)84(100-76)102-78-61-30-22-53(94(8,9)10)40-69(61)88(106-78)110-82(65)114-90)75(116)50(37-48)47-99-58-27-35-66-74(45-58)91-113-81-64-33-25-56(97(17,18)19)43-72(64)87(109-81)105-77-60-29-21-52(93(5,6)7)39-68(60)85(101-77)103-79-62-31-23-54(95(11,12)13)41-70(62)89(107-79)111-83(66)115-91/h20-47,116H,1-19H3,(H2,100,102,104,106,108,110,112,114)(H2,101,103,105,107,109,111,113,115). The van der Waals surface area contributed by atoms with Gasteiger partial charge in [-0.25, -0.2) is 59.8 Å². The van der Waals surface area contributed by atoms with Crippen LogP contribution in [0.4, 0.5) is 11.4 Å². The molecule has 574 valence electrons. The van der Waals surface area contributed by atoms with Crippen molar-refractivity contribution < 1.29 is 5.11 Å². The number of hydrogen-bond donors (Lipinski definition) is 5. The topological polar surface area (TPSA) is 263 Å². The molecule has 116 heavy (non-hydrogen) atoms. The van der Waals surface area contributed by atoms with Crippen LogP contribution in [0.1, 0.15) is 175 Å². The van der Waals surface area contributed by atoms with Gasteiger partial charge in [-0.1, -0.05) is 197 Å². The summed E-state index contributed by atoms with van der Waals surface area (Å²) in [6.45, 7) is 41.8. The molecule has 4 aliphatic heterocycles. The van der Waals surface area contributed by atoms with Crippen molar-refractivity contribution in [2.24, 2.45) is 9.98 Å². The molecule has 0 fully saturated rings. The number of hydrogen-bond acceptors (Lipinski definition) is 15. The van der Waals surface area contributed by atoms with Gasteiger partial charge in [0.2, 0.25) is 0 Å². The number of aromatic hydroxyl groups is 1. The number of phenols is 1. The Bertz CT molecular complexity index is 6780. The number of aromatic amines is 4.